The molecule has 1 N–H and O–H groups in total. The van der Waals surface area contributed by atoms with Gasteiger partial charge in [-0.05, 0) is 55.2 Å². The monoisotopic (exact) mass is 389 g/mol. The molecule has 2 unspecified atom stereocenters. The van der Waals surface area contributed by atoms with Gasteiger partial charge < -0.3 is 14.8 Å². The molecule has 0 radical (unpaired) electrons. The molecule has 1 amide bonds. The maximum Gasteiger partial charge on any atom is 0.387 e. The van der Waals surface area contributed by atoms with Crippen molar-refractivity contribution in [1.29, 1.82) is 0 Å². The summed E-state index contributed by atoms with van der Waals surface area (Å²) < 4.78 is 34.2. The minimum absolute atomic E-state index is 0.0142. The van der Waals surface area contributed by atoms with Crippen LogP contribution in [0.3, 0.4) is 0 Å². The Morgan fingerprint density at radius 2 is 1.96 bits per heavy atom. The standard InChI is InChI=1S/C21H21F2NO4/c1-3-27-20(26)17-11-13-6-4-5-7-16(13)18(17)24-19(25)15-9-8-14(10-12(15)2)28-21(22)23/h4-10,17-18,21H,3,11H2,1-2H3,(H,24,25). The number of alkyl halides is 2. The molecule has 2 aromatic rings. The average molecular weight is 389 g/mol. The maximum atomic E-state index is 12.8. The average Bonchev–Trinajstić information content (AvgIpc) is 3.00. The Hall–Kier alpha value is -2.96. The van der Waals surface area contributed by atoms with Crippen LogP contribution in [0.5, 0.6) is 5.75 Å². The summed E-state index contributed by atoms with van der Waals surface area (Å²) in [5, 5.41) is 2.91. The molecule has 148 valence electrons. The van der Waals surface area contributed by atoms with Gasteiger partial charge in [0.15, 0.2) is 0 Å². The minimum Gasteiger partial charge on any atom is -0.466 e. The molecule has 28 heavy (non-hydrogen) atoms. The summed E-state index contributed by atoms with van der Waals surface area (Å²) in [4.78, 5) is 25.2. The second-order valence-electron chi connectivity index (χ2n) is 6.57. The largest absolute Gasteiger partial charge is 0.466 e. The Morgan fingerprint density at radius 3 is 2.64 bits per heavy atom. The van der Waals surface area contributed by atoms with Crippen LogP contribution in [0.1, 0.15) is 40.0 Å². The Kier molecular flexibility index (Phi) is 5.92. The summed E-state index contributed by atoms with van der Waals surface area (Å²) in [5.41, 5.74) is 2.69. The number of aryl methyl sites for hydroxylation is 1. The van der Waals surface area contributed by atoms with Gasteiger partial charge in [0.05, 0.1) is 18.6 Å². The van der Waals surface area contributed by atoms with Gasteiger partial charge in [0, 0.05) is 5.56 Å². The normalized spacial score (nSPS) is 17.9. The quantitative estimate of drug-likeness (QED) is 0.764. The van der Waals surface area contributed by atoms with Crippen molar-refractivity contribution in [2.45, 2.75) is 32.9 Å². The van der Waals surface area contributed by atoms with Gasteiger partial charge in [-0.1, -0.05) is 24.3 Å². The van der Waals surface area contributed by atoms with E-state index in [0.717, 1.165) is 11.1 Å². The number of halogens is 2. The molecular weight excluding hydrogens is 368 g/mol. The molecule has 2 aromatic carbocycles. The summed E-state index contributed by atoms with van der Waals surface area (Å²) in [5.74, 6) is -1.28. The zero-order valence-corrected chi connectivity index (χ0v) is 15.6. The zero-order chi connectivity index (χ0) is 20.3. The topological polar surface area (TPSA) is 64.6 Å². The van der Waals surface area contributed by atoms with Crippen LogP contribution < -0.4 is 10.1 Å². The minimum atomic E-state index is -2.93. The smallest absolute Gasteiger partial charge is 0.387 e. The van der Waals surface area contributed by atoms with Crippen LogP contribution in [0.4, 0.5) is 8.78 Å². The van der Waals surface area contributed by atoms with Crippen molar-refractivity contribution in [3.05, 3.63) is 64.7 Å². The molecule has 3 rings (SSSR count). The molecule has 0 saturated carbocycles. The van der Waals surface area contributed by atoms with Crippen molar-refractivity contribution in [2.24, 2.45) is 5.92 Å². The molecule has 0 spiro atoms. The Labute approximate surface area is 161 Å². The molecule has 0 saturated heterocycles. The summed E-state index contributed by atoms with van der Waals surface area (Å²) in [6, 6.07) is 11.2. The van der Waals surface area contributed by atoms with E-state index in [4.69, 9.17) is 4.74 Å². The molecule has 0 aromatic heterocycles. The number of esters is 1. The highest BCUT2D eigenvalue weighted by atomic mass is 19.3. The Balaban J connectivity index is 1.83. The highest BCUT2D eigenvalue weighted by molar-refractivity contribution is 5.96. The number of hydrogen-bond acceptors (Lipinski definition) is 4. The van der Waals surface area contributed by atoms with E-state index in [1.807, 2.05) is 24.3 Å². The second-order valence-corrected chi connectivity index (χ2v) is 6.57. The van der Waals surface area contributed by atoms with Gasteiger partial charge >= 0.3 is 12.6 Å². The molecular formula is C21H21F2NO4. The number of carbonyl (C=O) groups is 2. The van der Waals surface area contributed by atoms with Crippen LogP contribution in [-0.4, -0.2) is 25.1 Å². The molecule has 0 bridgehead atoms. The van der Waals surface area contributed by atoms with Crippen molar-refractivity contribution < 1.29 is 27.8 Å². The van der Waals surface area contributed by atoms with Crippen molar-refractivity contribution in [1.82, 2.24) is 5.32 Å². The van der Waals surface area contributed by atoms with Gasteiger partial charge in [-0.25, -0.2) is 0 Å². The second kappa shape index (κ2) is 8.37. The number of amides is 1. The molecule has 1 aliphatic rings. The molecule has 0 heterocycles. The lowest BCUT2D eigenvalue weighted by Gasteiger charge is -2.21. The lowest BCUT2D eigenvalue weighted by Crippen LogP contribution is -2.35. The highest BCUT2D eigenvalue weighted by Crippen LogP contribution is 2.37. The number of hydrogen-bond donors (Lipinski definition) is 1. The predicted molar refractivity (Wildman–Crippen MR) is 98.3 cm³/mol. The maximum absolute atomic E-state index is 12.8. The Morgan fingerprint density at radius 1 is 1.21 bits per heavy atom. The molecule has 0 fully saturated rings. The van der Waals surface area contributed by atoms with E-state index in [1.165, 1.54) is 18.2 Å². The first-order valence-corrected chi connectivity index (χ1v) is 9.01. The number of benzene rings is 2. The van der Waals surface area contributed by atoms with Crippen LogP contribution in [0, 0.1) is 12.8 Å². The van der Waals surface area contributed by atoms with E-state index >= 15 is 0 Å². The number of carbonyl (C=O) groups excluding carboxylic acids is 2. The number of rotatable bonds is 6. The SMILES string of the molecule is CCOC(=O)C1Cc2ccccc2C1NC(=O)c1ccc(OC(F)F)cc1C. The van der Waals surface area contributed by atoms with Gasteiger partial charge in [-0.3, -0.25) is 9.59 Å². The molecule has 2 atom stereocenters. The van der Waals surface area contributed by atoms with E-state index in [9.17, 15) is 18.4 Å². The van der Waals surface area contributed by atoms with Crippen molar-refractivity contribution >= 4 is 11.9 Å². The lowest BCUT2D eigenvalue weighted by molar-refractivity contribution is -0.148. The molecule has 1 aliphatic carbocycles. The van der Waals surface area contributed by atoms with E-state index in [-0.39, 0.29) is 18.3 Å². The van der Waals surface area contributed by atoms with Crippen LogP contribution in [-0.2, 0) is 16.0 Å². The Bertz CT molecular complexity index is 884. The zero-order valence-electron chi connectivity index (χ0n) is 15.6. The molecule has 7 heteroatoms. The van der Waals surface area contributed by atoms with Gasteiger partial charge in [0.25, 0.3) is 5.91 Å². The van der Waals surface area contributed by atoms with E-state index in [1.54, 1.807) is 13.8 Å². The first-order valence-electron chi connectivity index (χ1n) is 9.01. The van der Waals surface area contributed by atoms with Gasteiger partial charge in [-0.15, -0.1) is 0 Å². The first-order chi connectivity index (χ1) is 13.4. The van der Waals surface area contributed by atoms with E-state index in [2.05, 4.69) is 10.1 Å². The molecule has 5 nitrogen and oxygen atoms in total. The highest BCUT2D eigenvalue weighted by Gasteiger charge is 2.39. The van der Waals surface area contributed by atoms with Crippen LogP contribution in [0.2, 0.25) is 0 Å². The van der Waals surface area contributed by atoms with E-state index in [0.29, 0.717) is 17.5 Å². The summed E-state index contributed by atoms with van der Waals surface area (Å²) >= 11 is 0. The summed E-state index contributed by atoms with van der Waals surface area (Å²) in [6.07, 6.45) is 0.486. The fraction of sp³-hybridized carbons (Fsp3) is 0.333. The van der Waals surface area contributed by atoms with Gasteiger partial charge in [-0.2, -0.15) is 8.78 Å². The summed E-state index contributed by atoms with van der Waals surface area (Å²) in [6.45, 7) is 0.704. The summed E-state index contributed by atoms with van der Waals surface area (Å²) in [7, 11) is 0. The van der Waals surface area contributed by atoms with Gasteiger partial charge in [0.1, 0.15) is 5.75 Å². The third-order valence-electron chi connectivity index (χ3n) is 4.78. The van der Waals surface area contributed by atoms with Crippen LogP contribution >= 0.6 is 0 Å². The van der Waals surface area contributed by atoms with Crippen molar-refractivity contribution in [2.75, 3.05) is 6.61 Å². The molecule has 0 aliphatic heterocycles. The fourth-order valence-corrected chi connectivity index (χ4v) is 3.53. The number of nitrogens with one attached hydrogen (secondary N) is 1. The van der Waals surface area contributed by atoms with Crippen molar-refractivity contribution in [3.8, 4) is 5.75 Å². The third kappa shape index (κ3) is 4.13. The first kappa shape index (κ1) is 19.8. The predicted octanol–water partition coefficient (Wildman–Crippen LogP) is 3.80. The van der Waals surface area contributed by atoms with Crippen LogP contribution in [0.25, 0.3) is 0 Å². The van der Waals surface area contributed by atoms with Crippen LogP contribution in [0.15, 0.2) is 42.5 Å². The fourth-order valence-electron chi connectivity index (χ4n) is 3.53. The number of ether oxygens (including phenoxy) is 2. The van der Waals surface area contributed by atoms with E-state index < -0.39 is 24.5 Å². The lowest BCUT2D eigenvalue weighted by atomic mass is 9.99. The van der Waals surface area contributed by atoms with Gasteiger partial charge in [0.2, 0.25) is 0 Å². The van der Waals surface area contributed by atoms with Crippen molar-refractivity contribution in [3.63, 3.8) is 0 Å². The number of fused-ring (bicyclic) bond motifs is 1. The third-order valence-corrected chi connectivity index (χ3v) is 4.78.